The number of carbonyl (C=O) groups excluding carboxylic acids is 1. The Balaban J connectivity index is 1.73. The van der Waals surface area contributed by atoms with Crippen LogP contribution >= 0.6 is 0 Å². The summed E-state index contributed by atoms with van der Waals surface area (Å²) in [7, 11) is 0. The van der Waals surface area contributed by atoms with Crippen LogP contribution in [0.3, 0.4) is 0 Å². The second-order valence-electron chi connectivity index (χ2n) is 8.19. The first-order valence-electron chi connectivity index (χ1n) is 9.41. The largest absolute Gasteiger partial charge is 0.509 e. The molecule has 0 aromatic heterocycles. The number of carboxylic acid groups (broad SMARTS) is 1. The topological polar surface area (TPSA) is 79.3 Å². The molecule has 1 aromatic carbocycles. The van der Waals surface area contributed by atoms with Crippen molar-refractivity contribution in [3.63, 3.8) is 0 Å². The molecule has 0 bridgehead atoms. The molecule has 2 heterocycles. The first kappa shape index (κ1) is 19.5. The van der Waals surface area contributed by atoms with Crippen LogP contribution in [0.4, 0.5) is 9.59 Å². The number of ether oxygens (including phenoxy) is 2. The number of hydrogen-bond donors (Lipinski definition) is 1. The number of hydrogen-bond acceptors (Lipinski definition) is 5. The Kier molecular flexibility index (Phi) is 5.60. The molecule has 1 saturated heterocycles. The summed E-state index contributed by atoms with van der Waals surface area (Å²) in [5.74, 6) is 0. The Morgan fingerprint density at radius 2 is 1.85 bits per heavy atom. The number of piperidine rings is 1. The molecule has 3 rings (SSSR count). The second-order valence-corrected chi connectivity index (χ2v) is 8.19. The molecule has 1 amide bonds. The fourth-order valence-electron chi connectivity index (χ4n) is 3.81. The normalized spacial score (nSPS) is 23.4. The average Bonchev–Trinajstić information content (AvgIpc) is 2.59. The van der Waals surface area contributed by atoms with Gasteiger partial charge in [0.15, 0.2) is 0 Å². The third-order valence-electron chi connectivity index (χ3n) is 5.06. The van der Waals surface area contributed by atoms with Crippen LogP contribution in [-0.4, -0.2) is 64.5 Å². The summed E-state index contributed by atoms with van der Waals surface area (Å²) in [4.78, 5) is 27.2. The molecule has 2 atom stereocenters. The van der Waals surface area contributed by atoms with Crippen molar-refractivity contribution in [2.75, 3.05) is 19.6 Å². The Hall–Kier alpha value is -2.28. The molecule has 27 heavy (non-hydrogen) atoms. The van der Waals surface area contributed by atoms with Crippen LogP contribution in [0, 0.1) is 0 Å². The molecule has 148 valence electrons. The van der Waals surface area contributed by atoms with Gasteiger partial charge >= 0.3 is 12.2 Å². The van der Waals surface area contributed by atoms with E-state index >= 15 is 0 Å². The summed E-state index contributed by atoms with van der Waals surface area (Å²) in [5, 5.41) is 9.34. The van der Waals surface area contributed by atoms with E-state index in [0.29, 0.717) is 13.0 Å². The van der Waals surface area contributed by atoms with E-state index in [4.69, 9.17) is 9.47 Å². The van der Waals surface area contributed by atoms with Gasteiger partial charge in [0.05, 0.1) is 12.6 Å². The van der Waals surface area contributed by atoms with Gasteiger partial charge in [-0.05, 0) is 44.7 Å². The van der Waals surface area contributed by atoms with Crippen LogP contribution < -0.4 is 0 Å². The van der Waals surface area contributed by atoms with E-state index in [-0.39, 0.29) is 12.6 Å². The zero-order valence-corrected chi connectivity index (χ0v) is 16.2. The zero-order valence-electron chi connectivity index (χ0n) is 16.2. The third-order valence-corrected chi connectivity index (χ3v) is 5.06. The molecule has 1 fully saturated rings. The first-order valence-corrected chi connectivity index (χ1v) is 9.41. The Morgan fingerprint density at radius 3 is 2.52 bits per heavy atom. The lowest BCUT2D eigenvalue weighted by Gasteiger charge is -2.44. The van der Waals surface area contributed by atoms with Gasteiger partial charge in [-0.25, -0.2) is 9.59 Å². The lowest BCUT2D eigenvalue weighted by molar-refractivity contribution is -0.0700. The highest BCUT2D eigenvalue weighted by molar-refractivity contribution is 5.65. The predicted molar refractivity (Wildman–Crippen MR) is 99.7 cm³/mol. The molecule has 7 nitrogen and oxygen atoms in total. The molecule has 2 aliphatic rings. The van der Waals surface area contributed by atoms with Crippen LogP contribution in [0.15, 0.2) is 24.3 Å². The summed E-state index contributed by atoms with van der Waals surface area (Å²) in [5.41, 5.74) is 1.97. The number of benzene rings is 1. The summed E-state index contributed by atoms with van der Waals surface area (Å²) < 4.78 is 10.9. The molecule has 0 unspecified atom stereocenters. The fourth-order valence-corrected chi connectivity index (χ4v) is 3.81. The van der Waals surface area contributed by atoms with Crippen molar-refractivity contribution < 1.29 is 24.2 Å². The second kappa shape index (κ2) is 7.76. The van der Waals surface area contributed by atoms with E-state index in [1.165, 1.54) is 16.0 Å². The maximum absolute atomic E-state index is 12.2. The van der Waals surface area contributed by atoms with Crippen molar-refractivity contribution >= 4 is 12.2 Å². The Bertz CT molecular complexity index is 700. The van der Waals surface area contributed by atoms with Gasteiger partial charge in [-0.15, -0.1) is 0 Å². The van der Waals surface area contributed by atoms with E-state index in [1.807, 2.05) is 12.1 Å². The number of rotatable bonds is 2. The van der Waals surface area contributed by atoms with Crippen molar-refractivity contribution in [2.45, 2.75) is 57.9 Å². The smallest absolute Gasteiger partial charge is 0.465 e. The van der Waals surface area contributed by atoms with Gasteiger partial charge in [0.2, 0.25) is 0 Å². The maximum Gasteiger partial charge on any atom is 0.509 e. The highest BCUT2D eigenvalue weighted by Crippen LogP contribution is 2.27. The van der Waals surface area contributed by atoms with Gasteiger partial charge in [-0.1, -0.05) is 24.3 Å². The maximum atomic E-state index is 12.2. The van der Waals surface area contributed by atoms with Crippen LogP contribution in [-0.2, 0) is 22.4 Å². The molecule has 0 spiro atoms. The van der Waals surface area contributed by atoms with Crippen LogP contribution in [0.5, 0.6) is 0 Å². The Labute approximate surface area is 159 Å². The SMILES string of the molecule is CC(C)(C)OC(=O)O[C@@H]1CN(C(=O)O)CC[C@H]1N1CCc2ccccc2C1. The highest BCUT2D eigenvalue weighted by atomic mass is 16.7. The van der Waals surface area contributed by atoms with E-state index in [2.05, 4.69) is 17.0 Å². The number of likely N-dealkylation sites (tertiary alicyclic amines) is 1. The van der Waals surface area contributed by atoms with Crippen LogP contribution in [0.2, 0.25) is 0 Å². The minimum Gasteiger partial charge on any atom is -0.465 e. The summed E-state index contributed by atoms with van der Waals surface area (Å²) in [6.45, 7) is 7.57. The predicted octanol–water partition coefficient (Wildman–Crippen LogP) is 3.12. The minimum atomic E-state index is -0.991. The molecular formula is C20H28N2O5. The molecule has 0 saturated carbocycles. The number of nitrogens with zero attached hydrogens (tertiary/aromatic N) is 2. The molecule has 0 aliphatic carbocycles. The van der Waals surface area contributed by atoms with Crippen molar-refractivity contribution in [2.24, 2.45) is 0 Å². The highest BCUT2D eigenvalue weighted by Gasteiger charge is 2.39. The summed E-state index contributed by atoms with van der Waals surface area (Å²) in [6.07, 6.45) is -0.719. The summed E-state index contributed by atoms with van der Waals surface area (Å²) in [6, 6.07) is 8.33. The van der Waals surface area contributed by atoms with Crippen molar-refractivity contribution in [3.05, 3.63) is 35.4 Å². The van der Waals surface area contributed by atoms with E-state index < -0.39 is 24.0 Å². The van der Waals surface area contributed by atoms with Crippen molar-refractivity contribution in [1.82, 2.24) is 9.80 Å². The van der Waals surface area contributed by atoms with Crippen LogP contribution in [0.25, 0.3) is 0 Å². The molecule has 0 radical (unpaired) electrons. The molecule has 1 N–H and O–H groups in total. The first-order chi connectivity index (χ1) is 12.7. The molecule has 7 heteroatoms. The van der Waals surface area contributed by atoms with Gasteiger partial charge in [0.1, 0.15) is 11.7 Å². The van der Waals surface area contributed by atoms with Gasteiger partial charge in [0.25, 0.3) is 0 Å². The monoisotopic (exact) mass is 376 g/mol. The van der Waals surface area contributed by atoms with Gasteiger partial charge in [-0.2, -0.15) is 0 Å². The van der Waals surface area contributed by atoms with Crippen molar-refractivity contribution in [1.29, 1.82) is 0 Å². The van der Waals surface area contributed by atoms with E-state index in [9.17, 15) is 14.7 Å². The lowest BCUT2D eigenvalue weighted by Crippen LogP contribution is -2.57. The van der Waals surface area contributed by atoms with Crippen LogP contribution in [0.1, 0.15) is 38.3 Å². The van der Waals surface area contributed by atoms with E-state index in [0.717, 1.165) is 19.5 Å². The van der Waals surface area contributed by atoms with Gasteiger partial charge in [-0.3, -0.25) is 4.90 Å². The van der Waals surface area contributed by atoms with Gasteiger partial charge in [0, 0.05) is 19.6 Å². The molecule has 2 aliphatic heterocycles. The van der Waals surface area contributed by atoms with E-state index in [1.54, 1.807) is 20.8 Å². The lowest BCUT2D eigenvalue weighted by atomic mass is 9.94. The molecular weight excluding hydrogens is 348 g/mol. The summed E-state index contributed by atoms with van der Waals surface area (Å²) >= 11 is 0. The Morgan fingerprint density at radius 1 is 1.15 bits per heavy atom. The fraction of sp³-hybridized carbons (Fsp3) is 0.600. The minimum absolute atomic E-state index is 0.0264. The zero-order chi connectivity index (χ0) is 19.6. The standard InChI is InChI=1S/C20H28N2O5/c1-20(2,3)27-19(25)26-17-13-22(18(23)24)11-9-16(17)21-10-8-14-6-4-5-7-15(14)12-21/h4-7,16-17H,8-13H2,1-3H3,(H,23,24)/t16-,17-/m1/s1. The van der Waals surface area contributed by atoms with Crippen molar-refractivity contribution in [3.8, 4) is 0 Å². The average molecular weight is 376 g/mol. The van der Waals surface area contributed by atoms with Gasteiger partial charge < -0.3 is 19.5 Å². The quantitative estimate of drug-likeness (QED) is 0.799. The number of fused-ring (bicyclic) bond motifs is 1. The molecule has 1 aromatic rings. The number of amides is 1. The third kappa shape index (κ3) is 4.91. The number of carbonyl (C=O) groups is 2.